The second-order valence-corrected chi connectivity index (χ2v) is 4.73. The van der Waals surface area contributed by atoms with Crippen molar-refractivity contribution in [3.63, 3.8) is 0 Å². The van der Waals surface area contributed by atoms with E-state index in [1.54, 1.807) is 13.8 Å². The largest absolute Gasteiger partial charge is 0.469 e. The van der Waals surface area contributed by atoms with Gasteiger partial charge >= 0.3 is 5.97 Å². The minimum atomic E-state index is -1.05. The molecule has 1 aromatic rings. The van der Waals surface area contributed by atoms with Crippen molar-refractivity contribution in [2.75, 3.05) is 7.11 Å². The number of hydrogen-bond donors (Lipinski definition) is 1. The Morgan fingerprint density at radius 1 is 1.50 bits per heavy atom. The van der Waals surface area contributed by atoms with E-state index in [-0.39, 0.29) is 23.0 Å². The molecule has 0 saturated carbocycles. The fourth-order valence-corrected chi connectivity index (χ4v) is 1.84. The smallest absolute Gasteiger partial charge is 0.313 e. The Bertz CT molecular complexity index is 418. The van der Waals surface area contributed by atoms with Gasteiger partial charge in [-0.1, -0.05) is 17.7 Å². The Hall–Kier alpha value is -0.840. The first-order valence-corrected chi connectivity index (χ1v) is 5.48. The number of halogens is 3. The van der Waals surface area contributed by atoms with Gasteiger partial charge in [0, 0.05) is 16.6 Å². The van der Waals surface area contributed by atoms with Crippen LogP contribution in [0.4, 0.5) is 4.39 Å². The minimum Gasteiger partial charge on any atom is -0.469 e. The first-order valence-electron chi connectivity index (χ1n) is 5.10. The minimum absolute atomic E-state index is 0. The summed E-state index contributed by atoms with van der Waals surface area (Å²) in [6.45, 7) is 3.18. The zero-order chi connectivity index (χ0) is 13.2. The summed E-state index contributed by atoms with van der Waals surface area (Å²) >= 11 is 5.91. The molecule has 2 N–H and O–H groups in total. The van der Waals surface area contributed by atoms with Crippen LogP contribution in [0.5, 0.6) is 0 Å². The van der Waals surface area contributed by atoms with Crippen LogP contribution in [0.25, 0.3) is 0 Å². The molecule has 0 aliphatic heterocycles. The first-order chi connectivity index (χ1) is 7.82. The summed E-state index contributed by atoms with van der Waals surface area (Å²) in [4.78, 5) is 11.6. The van der Waals surface area contributed by atoms with Crippen molar-refractivity contribution in [3.05, 3.63) is 34.6 Å². The van der Waals surface area contributed by atoms with Gasteiger partial charge < -0.3 is 10.5 Å². The predicted molar refractivity (Wildman–Crippen MR) is 71.4 cm³/mol. The first kappa shape index (κ1) is 17.2. The van der Waals surface area contributed by atoms with E-state index in [1.807, 2.05) is 0 Å². The SMILES string of the molecule is COC(=O)C(C)(C)[C@H](N)c1c(F)cccc1Cl.Cl. The van der Waals surface area contributed by atoms with E-state index in [4.69, 9.17) is 17.3 Å². The van der Waals surface area contributed by atoms with Gasteiger partial charge in [-0.25, -0.2) is 4.39 Å². The van der Waals surface area contributed by atoms with Crippen molar-refractivity contribution < 1.29 is 13.9 Å². The summed E-state index contributed by atoms with van der Waals surface area (Å²) in [5, 5.41) is 0.203. The van der Waals surface area contributed by atoms with Gasteiger partial charge in [0.15, 0.2) is 0 Å². The van der Waals surface area contributed by atoms with E-state index in [2.05, 4.69) is 4.74 Å². The third kappa shape index (κ3) is 3.13. The fraction of sp³-hybridized carbons (Fsp3) is 0.417. The number of rotatable bonds is 3. The molecule has 1 atom stereocenters. The highest BCUT2D eigenvalue weighted by molar-refractivity contribution is 6.31. The van der Waals surface area contributed by atoms with E-state index in [1.165, 1.54) is 25.3 Å². The lowest BCUT2D eigenvalue weighted by Crippen LogP contribution is -2.38. The zero-order valence-corrected chi connectivity index (χ0v) is 11.9. The number of nitrogens with two attached hydrogens (primary N) is 1. The van der Waals surface area contributed by atoms with Gasteiger partial charge in [-0.15, -0.1) is 12.4 Å². The third-order valence-electron chi connectivity index (χ3n) is 2.80. The van der Waals surface area contributed by atoms with Crippen LogP contribution in [0.2, 0.25) is 5.02 Å². The van der Waals surface area contributed by atoms with Crippen LogP contribution >= 0.6 is 24.0 Å². The van der Waals surface area contributed by atoms with Crippen molar-refractivity contribution in [2.24, 2.45) is 11.1 Å². The topological polar surface area (TPSA) is 52.3 Å². The van der Waals surface area contributed by atoms with Gasteiger partial charge in [-0.3, -0.25) is 4.79 Å². The molecule has 0 spiro atoms. The normalized spacial score (nSPS) is 12.6. The molecule has 18 heavy (non-hydrogen) atoms. The molecule has 1 aromatic carbocycles. The molecule has 0 bridgehead atoms. The summed E-state index contributed by atoms with van der Waals surface area (Å²) in [6.07, 6.45) is 0. The molecule has 102 valence electrons. The standard InChI is InChI=1S/C12H15ClFNO2.ClH/c1-12(2,11(16)17-3)10(15)9-7(13)5-4-6-8(9)14;/h4-6,10H,15H2,1-3H3;1H/t10-;/m1./s1. The Morgan fingerprint density at radius 3 is 2.50 bits per heavy atom. The lowest BCUT2D eigenvalue weighted by Gasteiger charge is -2.29. The molecule has 0 aromatic heterocycles. The van der Waals surface area contributed by atoms with E-state index >= 15 is 0 Å². The van der Waals surface area contributed by atoms with Gasteiger partial charge in [0.25, 0.3) is 0 Å². The summed E-state index contributed by atoms with van der Waals surface area (Å²) in [5.41, 5.74) is 5.00. The quantitative estimate of drug-likeness (QED) is 0.872. The fourth-order valence-electron chi connectivity index (χ4n) is 1.56. The molecule has 0 amide bonds. The maximum absolute atomic E-state index is 13.7. The summed E-state index contributed by atoms with van der Waals surface area (Å²) < 4.78 is 18.3. The highest BCUT2D eigenvalue weighted by atomic mass is 35.5. The molecule has 3 nitrogen and oxygen atoms in total. The van der Waals surface area contributed by atoms with E-state index in [0.717, 1.165) is 0 Å². The van der Waals surface area contributed by atoms with E-state index in [0.29, 0.717) is 0 Å². The Morgan fingerprint density at radius 2 is 2.06 bits per heavy atom. The molecule has 0 unspecified atom stereocenters. The molecule has 0 heterocycles. The van der Waals surface area contributed by atoms with Gasteiger partial charge in [-0.2, -0.15) is 0 Å². The number of hydrogen-bond acceptors (Lipinski definition) is 3. The van der Waals surface area contributed by atoms with Gasteiger partial charge in [0.2, 0.25) is 0 Å². The van der Waals surface area contributed by atoms with Gasteiger partial charge in [0.1, 0.15) is 5.82 Å². The molecular weight excluding hydrogens is 280 g/mol. The molecule has 1 rings (SSSR count). The highest BCUT2D eigenvalue weighted by Crippen LogP contribution is 2.37. The summed E-state index contributed by atoms with van der Waals surface area (Å²) in [6, 6.07) is 3.41. The number of methoxy groups -OCH3 is 1. The number of esters is 1. The van der Waals surface area contributed by atoms with Gasteiger partial charge in [-0.05, 0) is 26.0 Å². The number of carbonyl (C=O) groups excluding carboxylic acids is 1. The van der Waals surface area contributed by atoms with Gasteiger partial charge in [0.05, 0.1) is 12.5 Å². The predicted octanol–water partition coefficient (Wildman–Crippen LogP) is 3.10. The molecule has 6 heteroatoms. The van der Waals surface area contributed by atoms with Crippen molar-refractivity contribution in [3.8, 4) is 0 Å². The summed E-state index contributed by atoms with van der Waals surface area (Å²) in [7, 11) is 1.26. The van der Waals surface area contributed by atoms with Crippen LogP contribution in [0.1, 0.15) is 25.5 Å². The number of ether oxygens (including phenoxy) is 1. The third-order valence-corrected chi connectivity index (χ3v) is 3.13. The monoisotopic (exact) mass is 295 g/mol. The number of benzene rings is 1. The molecule has 0 aliphatic rings. The average molecular weight is 296 g/mol. The van der Waals surface area contributed by atoms with E-state index in [9.17, 15) is 9.18 Å². The Kier molecular flexibility index (Phi) is 6.07. The van der Waals surface area contributed by atoms with Crippen molar-refractivity contribution in [1.29, 1.82) is 0 Å². The average Bonchev–Trinajstić information content (AvgIpc) is 2.27. The lowest BCUT2D eigenvalue weighted by atomic mass is 9.81. The van der Waals surface area contributed by atoms with Crippen LogP contribution in [0.3, 0.4) is 0 Å². The molecule has 0 radical (unpaired) electrons. The van der Waals surface area contributed by atoms with Crippen molar-refractivity contribution in [1.82, 2.24) is 0 Å². The van der Waals surface area contributed by atoms with E-state index < -0.39 is 23.2 Å². The molecule has 0 aliphatic carbocycles. The highest BCUT2D eigenvalue weighted by Gasteiger charge is 2.38. The molecule has 0 fully saturated rings. The van der Waals surface area contributed by atoms with Crippen molar-refractivity contribution >= 4 is 30.0 Å². The number of carbonyl (C=O) groups is 1. The van der Waals surface area contributed by atoms with Crippen molar-refractivity contribution in [2.45, 2.75) is 19.9 Å². The van der Waals surface area contributed by atoms with Crippen LogP contribution in [0, 0.1) is 11.2 Å². The zero-order valence-electron chi connectivity index (χ0n) is 10.4. The Balaban J connectivity index is 0.00000289. The maximum atomic E-state index is 13.7. The van der Waals surface area contributed by atoms with Crippen LogP contribution in [-0.4, -0.2) is 13.1 Å². The maximum Gasteiger partial charge on any atom is 0.313 e. The second-order valence-electron chi connectivity index (χ2n) is 4.33. The van der Waals surface area contributed by atoms with Crippen LogP contribution < -0.4 is 5.73 Å². The lowest BCUT2D eigenvalue weighted by molar-refractivity contribution is -0.152. The Labute approximate surface area is 117 Å². The molecule has 0 saturated heterocycles. The summed E-state index contributed by atoms with van der Waals surface area (Å²) in [5.74, 6) is -1.04. The second kappa shape index (κ2) is 6.36. The molecular formula is C12H16Cl2FNO2. The van der Waals surface area contributed by atoms with Crippen LogP contribution in [-0.2, 0) is 9.53 Å². The van der Waals surface area contributed by atoms with Crippen LogP contribution in [0.15, 0.2) is 18.2 Å².